The van der Waals surface area contributed by atoms with Gasteiger partial charge in [-0.25, -0.2) is 4.79 Å². The molecule has 1 aliphatic heterocycles. The third kappa shape index (κ3) is 3.88. The van der Waals surface area contributed by atoms with Crippen molar-refractivity contribution < 1.29 is 24.2 Å². The number of carbonyl (C=O) groups is 1. The van der Waals surface area contributed by atoms with E-state index in [1.165, 1.54) is 0 Å². The normalized spacial score (nSPS) is 17.1. The number of fused-ring (bicyclic) bond motifs is 1. The molecule has 8 heteroatoms. The first-order valence-corrected chi connectivity index (χ1v) is 7.97. The van der Waals surface area contributed by atoms with Crippen LogP contribution in [-0.2, 0) is 4.74 Å². The van der Waals surface area contributed by atoms with E-state index in [2.05, 4.69) is 15.2 Å². The maximum Gasteiger partial charge on any atom is 0.404 e. The van der Waals surface area contributed by atoms with Crippen LogP contribution in [0.15, 0.2) is 22.6 Å². The molecule has 1 fully saturated rings. The van der Waals surface area contributed by atoms with Crippen LogP contribution in [0.2, 0.25) is 0 Å². The second kappa shape index (κ2) is 6.96. The van der Waals surface area contributed by atoms with Gasteiger partial charge in [-0.15, -0.1) is 0 Å². The van der Waals surface area contributed by atoms with Crippen molar-refractivity contribution in [2.75, 3.05) is 24.6 Å². The molecule has 8 nitrogen and oxygen atoms in total. The molecular formula is C16H21N3O5. The summed E-state index contributed by atoms with van der Waals surface area (Å²) < 4.78 is 11.5. The SMILES string of the molecule is C[C@@H](COC1CCN(c2nc3ccc(O)cc3o2)CC1)NC(=O)O. The lowest BCUT2D eigenvalue weighted by atomic mass is 10.1. The second-order valence-electron chi connectivity index (χ2n) is 6.02. The van der Waals surface area contributed by atoms with Crippen LogP contribution in [0.1, 0.15) is 19.8 Å². The monoisotopic (exact) mass is 335 g/mol. The summed E-state index contributed by atoms with van der Waals surface area (Å²) in [6.07, 6.45) is 0.712. The Labute approximate surface area is 139 Å². The molecule has 0 spiro atoms. The number of carboxylic acid groups (broad SMARTS) is 1. The Kier molecular flexibility index (Phi) is 4.75. The molecule has 2 heterocycles. The summed E-state index contributed by atoms with van der Waals surface area (Å²) in [5.74, 6) is 0.154. The lowest BCUT2D eigenvalue weighted by Crippen LogP contribution is -2.40. The number of hydrogen-bond acceptors (Lipinski definition) is 6. The number of hydrogen-bond donors (Lipinski definition) is 3. The minimum Gasteiger partial charge on any atom is -0.508 e. The molecule has 1 aromatic heterocycles. The average Bonchev–Trinajstić information content (AvgIpc) is 2.96. The number of benzene rings is 1. The van der Waals surface area contributed by atoms with Gasteiger partial charge < -0.3 is 29.6 Å². The van der Waals surface area contributed by atoms with Gasteiger partial charge in [0, 0.05) is 19.2 Å². The topological polar surface area (TPSA) is 108 Å². The quantitative estimate of drug-likeness (QED) is 0.768. The zero-order valence-electron chi connectivity index (χ0n) is 13.4. The van der Waals surface area contributed by atoms with Gasteiger partial charge in [-0.1, -0.05) is 0 Å². The van der Waals surface area contributed by atoms with Crippen molar-refractivity contribution in [1.29, 1.82) is 0 Å². The van der Waals surface area contributed by atoms with Crippen molar-refractivity contribution in [3.05, 3.63) is 18.2 Å². The van der Waals surface area contributed by atoms with Crippen molar-refractivity contribution in [2.45, 2.75) is 31.9 Å². The summed E-state index contributed by atoms with van der Waals surface area (Å²) in [4.78, 5) is 17.0. The lowest BCUT2D eigenvalue weighted by molar-refractivity contribution is 0.0260. The molecule has 1 atom stereocenters. The van der Waals surface area contributed by atoms with Crippen molar-refractivity contribution >= 4 is 23.2 Å². The predicted octanol–water partition coefficient (Wildman–Crippen LogP) is 2.17. The van der Waals surface area contributed by atoms with E-state index < -0.39 is 6.09 Å². The van der Waals surface area contributed by atoms with Crippen LogP contribution in [0.3, 0.4) is 0 Å². The number of phenols is 1. The maximum atomic E-state index is 10.5. The molecule has 0 unspecified atom stereocenters. The molecule has 1 saturated heterocycles. The zero-order chi connectivity index (χ0) is 17.1. The number of piperidine rings is 1. The van der Waals surface area contributed by atoms with E-state index in [0.717, 1.165) is 31.4 Å². The Bertz CT molecular complexity index is 709. The van der Waals surface area contributed by atoms with E-state index in [1.54, 1.807) is 25.1 Å². The number of nitrogens with one attached hydrogen (secondary N) is 1. The molecule has 130 valence electrons. The van der Waals surface area contributed by atoms with E-state index in [0.29, 0.717) is 18.2 Å². The van der Waals surface area contributed by atoms with E-state index in [-0.39, 0.29) is 17.9 Å². The van der Waals surface area contributed by atoms with Gasteiger partial charge in [-0.3, -0.25) is 0 Å². The van der Waals surface area contributed by atoms with Crippen LogP contribution in [0.25, 0.3) is 11.1 Å². The summed E-state index contributed by atoms with van der Waals surface area (Å²) in [6, 6.07) is 5.18. The van der Waals surface area contributed by atoms with Gasteiger partial charge in [0.25, 0.3) is 6.01 Å². The molecule has 0 aliphatic carbocycles. The first kappa shape index (κ1) is 16.4. The second-order valence-corrected chi connectivity index (χ2v) is 6.02. The predicted molar refractivity (Wildman–Crippen MR) is 87.5 cm³/mol. The number of nitrogens with zero attached hydrogens (tertiary/aromatic N) is 2. The molecule has 0 radical (unpaired) electrons. The van der Waals surface area contributed by atoms with Gasteiger partial charge in [0.15, 0.2) is 5.58 Å². The van der Waals surface area contributed by atoms with Gasteiger partial charge in [0.1, 0.15) is 11.3 Å². The number of ether oxygens (including phenoxy) is 1. The van der Waals surface area contributed by atoms with Gasteiger partial charge in [-0.05, 0) is 31.9 Å². The molecule has 0 saturated carbocycles. The Morgan fingerprint density at radius 1 is 1.50 bits per heavy atom. The molecule has 1 aliphatic rings. The third-order valence-corrected chi connectivity index (χ3v) is 4.03. The lowest BCUT2D eigenvalue weighted by Gasteiger charge is -2.31. The third-order valence-electron chi connectivity index (χ3n) is 4.03. The summed E-state index contributed by atoms with van der Waals surface area (Å²) in [5, 5.41) is 20.5. The Balaban J connectivity index is 1.51. The van der Waals surface area contributed by atoms with Crippen molar-refractivity contribution in [3.63, 3.8) is 0 Å². The molecule has 0 bridgehead atoms. The Hall–Kier alpha value is -2.48. The molecular weight excluding hydrogens is 314 g/mol. The van der Waals surface area contributed by atoms with Crippen LogP contribution in [0, 0.1) is 0 Å². The Morgan fingerprint density at radius 2 is 2.25 bits per heavy atom. The minimum atomic E-state index is -1.04. The highest BCUT2D eigenvalue weighted by molar-refractivity contribution is 5.76. The Morgan fingerprint density at radius 3 is 2.96 bits per heavy atom. The molecule has 2 aromatic rings. The molecule has 3 rings (SSSR count). The van der Waals surface area contributed by atoms with Crippen LogP contribution >= 0.6 is 0 Å². The highest BCUT2D eigenvalue weighted by atomic mass is 16.5. The molecule has 24 heavy (non-hydrogen) atoms. The number of aromatic hydroxyl groups is 1. The van der Waals surface area contributed by atoms with E-state index >= 15 is 0 Å². The maximum absolute atomic E-state index is 10.5. The fourth-order valence-corrected chi connectivity index (χ4v) is 2.78. The van der Waals surface area contributed by atoms with Crippen LogP contribution in [0.5, 0.6) is 5.75 Å². The summed E-state index contributed by atoms with van der Waals surface area (Å²) in [5.41, 5.74) is 1.28. The van der Waals surface area contributed by atoms with Crippen molar-refractivity contribution in [2.24, 2.45) is 0 Å². The van der Waals surface area contributed by atoms with Gasteiger partial charge in [0.05, 0.1) is 18.8 Å². The first-order valence-electron chi connectivity index (χ1n) is 7.97. The standard InChI is InChI=1S/C16H21N3O5/c1-10(17-16(21)22)9-23-12-4-6-19(7-5-12)15-18-13-3-2-11(20)8-14(13)24-15/h2-3,8,10,12,17,20H,4-7,9H2,1H3,(H,21,22)/t10-/m0/s1. The fourth-order valence-electron chi connectivity index (χ4n) is 2.78. The fraction of sp³-hybridized carbons (Fsp3) is 0.500. The van der Waals surface area contributed by atoms with Gasteiger partial charge in [-0.2, -0.15) is 4.98 Å². The number of aromatic nitrogens is 1. The van der Waals surface area contributed by atoms with E-state index in [9.17, 15) is 9.90 Å². The van der Waals surface area contributed by atoms with E-state index in [4.69, 9.17) is 14.3 Å². The van der Waals surface area contributed by atoms with Crippen molar-refractivity contribution in [1.82, 2.24) is 10.3 Å². The first-order chi connectivity index (χ1) is 11.5. The highest BCUT2D eigenvalue weighted by Crippen LogP contribution is 2.27. The summed E-state index contributed by atoms with van der Waals surface area (Å²) in [7, 11) is 0. The minimum absolute atomic E-state index is 0.104. The average molecular weight is 335 g/mol. The number of rotatable bonds is 5. The van der Waals surface area contributed by atoms with Crippen molar-refractivity contribution in [3.8, 4) is 5.75 Å². The highest BCUT2D eigenvalue weighted by Gasteiger charge is 2.23. The molecule has 1 aromatic carbocycles. The largest absolute Gasteiger partial charge is 0.508 e. The summed E-state index contributed by atoms with van der Waals surface area (Å²) >= 11 is 0. The zero-order valence-corrected chi connectivity index (χ0v) is 13.4. The number of phenolic OH excluding ortho intramolecular Hbond substituents is 1. The summed E-state index contributed by atoms with van der Waals surface area (Å²) in [6.45, 7) is 3.64. The number of amides is 1. The van der Waals surface area contributed by atoms with Crippen LogP contribution in [0.4, 0.5) is 10.8 Å². The number of oxazole rings is 1. The van der Waals surface area contributed by atoms with Crippen LogP contribution < -0.4 is 10.2 Å². The van der Waals surface area contributed by atoms with Gasteiger partial charge in [0.2, 0.25) is 0 Å². The van der Waals surface area contributed by atoms with Crippen LogP contribution in [-0.4, -0.2) is 53.1 Å². The number of anilines is 1. The van der Waals surface area contributed by atoms with E-state index in [1.807, 2.05) is 0 Å². The van der Waals surface area contributed by atoms with Gasteiger partial charge >= 0.3 is 6.09 Å². The molecule has 1 amide bonds. The molecule has 3 N–H and O–H groups in total. The smallest absolute Gasteiger partial charge is 0.404 e.